The lowest BCUT2D eigenvalue weighted by molar-refractivity contribution is 0.133. The third-order valence-electron chi connectivity index (χ3n) is 3.40. The highest BCUT2D eigenvalue weighted by atomic mass is 15.0. The van der Waals surface area contributed by atoms with Crippen molar-refractivity contribution in [2.24, 2.45) is 16.2 Å². The second-order valence-electron chi connectivity index (χ2n) is 10.4. The van der Waals surface area contributed by atoms with Gasteiger partial charge in [-0.25, -0.2) is 0 Å². The van der Waals surface area contributed by atoms with E-state index in [1.54, 1.807) is 0 Å². The largest absolute Gasteiger partial charge is 0.308 e. The summed E-state index contributed by atoms with van der Waals surface area (Å²) in [5.74, 6) is 0. The minimum atomic E-state index is 0.182. The summed E-state index contributed by atoms with van der Waals surface area (Å²) in [4.78, 5) is 0. The van der Waals surface area contributed by atoms with Gasteiger partial charge in [-0.2, -0.15) is 0 Å². The van der Waals surface area contributed by atoms with Gasteiger partial charge in [0.2, 0.25) is 0 Å². The van der Waals surface area contributed by atoms with Crippen LogP contribution in [0.2, 0.25) is 0 Å². The molecule has 0 aliphatic rings. The minimum Gasteiger partial charge on any atom is -0.308 e. The molecule has 1 atom stereocenters. The van der Waals surface area contributed by atoms with Crippen LogP contribution < -0.4 is 5.32 Å². The molecule has 0 fully saturated rings. The molecule has 0 radical (unpaired) electrons. The van der Waals surface area contributed by atoms with Crippen LogP contribution in [-0.4, -0.2) is 11.6 Å². The number of nitrogens with one attached hydrogen (secondary N) is 1. The molecular weight excluding hydrogens is 230 g/mol. The predicted octanol–water partition coefficient (Wildman–Crippen LogP) is 5.64. The Bertz CT molecular complexity index is 268. The van der Waals surface area contributed by atoms with Gasteiger partial charge in [0, 0.05) is 11.6 Å². The maximum Gasteiger partial charge on any atom is 0.0132 e. The lowest BCUT2D eigenvalue weighted by atomic mass is 9.74. The van der Waals surface area contributed by atoms with Gasteiger partial charge in [-0.15, -0.1) is 0 Å². The van der Waals surface area contributed by atoms with E-state index in [-0.39, 0.29) is 5.54 Å². The summed E-state index contributed by atoms with van der Waals surface area (Å²) in [5, 5.41) is 3.95. The van der Waals surface area contributed by atoms with Gasteiger partial charge in [-0.05, 0) is 42.9 Å². The fraction of sp³-hybridized carbons (Fsp3) is 1.00. The standard InChI is InChI=1S/C18H39N/c1-15(2,3)12-14(17(7,8)9)19-18(10,11)13-16(4,5)6/h14,19H,12-13H2,1-11H3. The van der Waals surface area contributed by atoms with Crippen molar-refractivity contribution in [3.8, 4) is 0 Å². The van der Waals surface area contributed by atoms with Crippen LogP contribution >= 0.6 is 0 Å². The molecule has 0 saturated carbocycles. The molecular formula is C18H39N. The first-order valence-corrected chi connectivity index (χ1v) is 7.80. The summed E-state index contributed by atoms with van der Waals surface area (Å²) in [5.41, 5.74) is 1.20. The Morgan fingerprint density at radius 2 is 1.11 bits per heavy atom. The summed E-state index contributed by atoms with van der Waals surface area (Å²) in [6.45, 7) is 25.7. The molecule has 0 aliphatic heterocycles. The summed E-state index contributed by atoms with van der Waals surface area (Å²) >= 11 is 0. The van der Waals surface area contributed by atoms with Crippen molar-refractivity contribution in [2.45, 2.75) is 101 Å². The molecule has 0 rings (SSSR count). The lowest BCUT2D eigenvalue weighted by Gasteiger charge is -2.43. The summed E-state index contributed by atoms with van der Waals surface area (Å²) < 4.78 is 0. The Labute approximate surface area is 122 Å². The molecule has 0 spiro atoms. The monoisotopic (exact) mass is 269 g/mol. The van der Waals surface area contributed by atoms with Crippen LogP contribution in [0.25, 0.3) is 0 Å². The van der Waals surface area contributed by atoms with E-state index >= 15 is 0 Å². The van der Waals surface area contributed by atoms with Gasteiger partial charge in [0.05, 0.1) is 0 Å². The Hall–Kier alpha value is -0.0400. The zero-order valence-electron chi connectivity index (χ0n) is 15.5. The zero-order valence-corrected chi connectivity index (χ0v) is 15.5. The van der Waals surface area contributed by atoms with Gasteiger partial charge in [-0.3, -0.25) is 0 Å². The van der Waals surface area contributed by atoms with Crippen LogP contribution in [0.3, 0.4) is 0 Å². The van der Waals surface area contributed by atoms with E-state index in [0.717, 1.165) is 0 Å². The first-order chi connectivity index (χ1) is 8.02. The van der Waals surface area contributed by atoms with Gasteiger partial charge in [0.15, 0.2) is 0 Å². The van der Waals surface area contributed by atoms with Crippen molar-refractivity contribution in [3.05, 3.63) is 0 Å². The van der Waals surface area contributed by atoms with Crippen molar-refractivity contribution in [3.63, 3.8) is 0 Å². The fourth-order valence-electron chi connectivity index (χ4n) is 3.03. The molecule has 1 N–H and O–H groups in total. The highest BCUT2D eigenvalue weighted by molar-refractivity contribution is 4.92. The number of rotatable bonds is 4. The third kappa shape index (κ3) is 9.49. The van der Waals surface area contributed by atoms with E-state index in [1.165, 1.54) is 12.8 Å². The smallest absolute Gasteiger partial charge is 0.0132 e. The molecule has 0 amide bonds. The number of hydrogen-bond donors (Lipinski definition) is 1. The third-order valence-corrected chi connectivity index (χ3v) is 3.40. The van der Waals surface area contributed by atoms with Gasteiger partial charge in [0.25, 0.3) is 0 Å². The summed E-state index contributed by atoms with van der Waals surface area (Å²) in [6, 6.07) is 0.546. The maximum absolute atomic E-state index is 3.95. The van der Waals surface area contributed by atoms with Crippen LogP contribution in [0.15, 0.2) is 0 Å². The molecule has 116 valence electrons. The van der Waals surface area contributed by atoms with Gasteiger partial charge >= 0.3 is 0 Å². The van der Waals surface area contributed by atoms with Crippen LogP contribution in [0.4, 0.5) is 0 Å². The molecule has 0 heterocycles. The molecule has 0 aromatic rings. The van der Waals surface area contributed by atoms with Crippen LogP contribution in [0, 0.1) is 16.2 Å². The molecule has 0 bridgehead atoms. The topological polar surface area (TPSA) is 12.0 Å². The van der Waals surface area contributed by atoms with E-state index in [2.05, 4.69) is 81.5 Å². The van der Waals surface area contributed by atoms with Gasteiger partial charge in [0.1, 0.15) is 0 Å². The molecule has 0 aliphatic carbocycles. The molecule has 1 heteroatoms. The van der Waals surface area contributed by atoms with E-state index in [0.29, 0.717) is 22.3 Å². The minimum absolute atomic E-state index is 0.182. The van der Waals surface area contributed by atoms with Crippen molar-refractivity contribution < 1.29 is 0 Å². The second-order valence-corrected chi connectivity index (χ2v) is 10.4. The molecule has 0 saturated heterocycles. The fourth-order valence-corrected chi connectivity index (χ4v) is 3.03. The van der Waals surface area contributed by atoms with Gasteiger partial charge in [-0.1, -0.05) is 62.3 Å². The van der Waals surface area contributed by atoms with Crippen LogP contribution in [-0.2, 0) is 0 Å². The molecule has 0 aromatic heterocycles. The van der Waals surface area contributed by atoms with E-state index in [1.807, 2.05) is 0 Å². The van der Waals surface area contributed by atoms with Crippen LogP contribution in [0.1, 0.15) is 89.0 Å². The molecule has 1 nitrogen and oxygen atoms in total. The Morgan fingerprint density at radius 3 is 1.37 bits per heavy atom. The highest BCUT2D eigenvalue weighted by Gasteiger charge is 2.34. The summed E-state index contributed by atoms with van der Waals surface area (Å²) in [6.07, 6.45) is 2.40. The van der Waals surface area contributed by atoms with E-state index < -0.39 is 0 Å². The van der Waals surface area contributed by atoms with Gasteiger partial charge < -0.3 is 5.32 Å². The Balaban J connectivity index is 4.92. The average molecular weight is 270 g/mol. The normalized spacial score (nSPS) is 16.6. The summed E-state index contributed by atoms with van der Waals surface area (Å²) in [7, 11) is 0. The van der Waals surface area contributed by atoms with Crippen molar-refractivity contribution in [1.29, 1.82) is 0 Å². The number of hydrogen-bond acceptors (Lipinski definition) is 1. The molecule has 19 heavy (non-hydrogen) atoms. The van der Waals surface area contributed by atoms with E-state index in [4.69, 9.17) is 0 Å². The van der Waals surface area contributed by atoms with Crippen molar-refractivity contribution in [2.75, 3.05) is 0 Å². The zero-order chi connectivity index (χ0) is 15.7. The predicted molar refractivity (Wildman–Crippen MR) is 88.6 cm³/mol. The molecule has 1 unspecified atom stereocenters. The highest BCUT2D eigenvalue weighted by Crippen LogP contribution is 2.34. The first-order valence-electron chi connectivity index (χ1n) is 7.80. The van der Waals surface area contributed by atoms with Crippen LogP contribution in [0.5, 0.6) is 0 Å². The quantitative estimate of drug-likeness (QED) is 0.696. The molecule has 0 aromatic carbocycles. The first kappa shape index (κ1) is 19.0. The van der Waals surface area contributed by atoms with E-state index in [9.17, 15) is 0 Å². The lowest BCUT2D eigenvalue weighted by Crippen LogP contribution is -2.53. The van der Waals surface area contributed by atoms with Crippen molar-refractivity contribution >= 4 is 0 Å². The Kier molecular flexibility index (Phi) is 5.74. The maximum atomic E-state index is 3.95. The SMILES string of the molecule is CC(C)(C)CC(NC(C)(C)CC(C)(C)C)C(C)(C)C. The van der Waals surface area contributed by atoms with Crippen molar-refractivity contribution in [1.82, 2.24) is 5.32 Å². The Morgan fingerprint density at radius 1 is 0.684 bits per heavy atom. The average Bonchev–Trinajstić information content (AvgIpc) is 1.91. The second kappa shape index (κ2) is 5.76.